The standard InChI is InChI=1S/C19H18N6O2S/c1-12-7-8-17(27-3)16(9-12)25-19(22-23-24-25)28-13(2)18(26)21-15-6-4-5-14(10-15)11-20/h4-10,13H,1-3H3,(H,21,26)/t13-/m1/s1. The Labute approximate surface area is 166 Å². The maximum absolute atomic E-state index is 12.5. The van der Waals surface area contributed by atoms with Gasteiger partial charge in [-0.1, -0.05) is 23.9 Å². The van der Waals surface area contributed by atoms with Gasteiger partial charge < -0.3 is 10.1 Å². The molecule has 3 rings (SSSR count). The molecule has 1 amide bonds. The van der Waals surface area contributed by atoms with Crippen LogP contribution in [-0.2, 0) is 4.79 Å². The summed E-state index contributed by atoms with van der Waals surface area (Å²) in [5.41, 5.74) is 2.78. The Morgan fingerprint density at radius 3 is 2.89 bits per heavy atom. The van der Waals surface area contributed by atoms with Crippen molar-refractivity contribution < 1.29 is 9.53 Å². The number of hydrogen-bond donors (Lipinski definition) is 1. The Hall–Kier alpha value is -3.38. The van der Waals surface area contributed by atoms with E-state index in [4.69, 9.17) is 10.00 Å². The third-order valence-corrected chi connectivity index (χ3v) is 4.95. The lowest BCUT2D eigenvalue weighted by atomic mass is 10.2. The predicted molar refractivity (Wildman–Crippen MR) is 106 cm³/mol. The molecule has 9 heteroatoms. The van der Waals surface area contributed by atoms with Gasteiger partial charge in [0.25, 0.3) is 0 Å². The van der Waals surface area contributed by atoms with Gasteiger partial charge in [-0.3, -0.25) is 4.79 Å². The predicted octanol–water partition coefficient (Wildman–Crippen LogP) is 2.97. The van der Waals surface area contributed by atoms with Crippen LogP contribution in [-0.4, -0.2) is 38.5 Å². The van der Waals surface area contributed by atoms with Crippen LogP contribution in [0.3, 0.4) is 0 Å². The molecule has 3 aromatic rings. The summed E-state index contributed by atoms with van der Waals surface area (Å²) < 4.78 is 6.95. The number of aromatic nitrogens is 4. The van der Waals surface area contributed by atoms with E-state index in [0.717, 1.165) is 5.56 Å². The van der Waals surface area contributed by atoms with Crippen LogP contribution in [0.1, 0.15) is 18.1 Å². The molecule has 142 valence electrons. The van der Waals surface area contributed by atoms with Crippen LogP contribution in [0.2, 0.25) is 0 Å². The molecule has 0 saturated carbocycles. The van der Waals surface area contributed by atoms with E-state index in [2.05, 4.69) is 20.8 Å². The molecule has 0 aliphatic carbocycles. The average molecular weight is 394 g/mol. The van der Waals surface area contributed by atoms with E-state index in [0.29, 0.717) is 27.8 Å². The summed E-state index contributed by atoms with van der Waals surface area (Å²) in [4.78, 5) is 12.5. The van der Waals surface area contributed by atoms with Crippen LogP contribution in [0.15, 0.2) is 47.6 Å². The molecule has 1 aromatic heterocycles. The summed E-state index contributed by atoms with van der Waals surface area (Å²) in [7, 11) is 1.58. The van der Waals surface area contributed by atoms with E-state index in [1.54, 1.807) is 43.0 Å². The summed E-state index contributed by atoms with van der Waals surface area (Å²) in [5, 5.41) is 23.6. The number of benzene rings is 2. The number of carbonyl (C=O) groups is 1. The number of amides is 1. The van der Waals surface area contributed by atoms with Crippen molar-refractivity contribution in [1.29, 1.82) is 5.26 Å². The van der Waals surface area contributed by atoms with E-state index in [1.165, 1.54) is 11.8 Å². The largest absolute Gasteiger partial charge is 0.494 e. The fourth-order valence-corrected chi connectivity index (χ4v) is 3.29. The van der Waals surface area contributed by atoms with E-state index < -0.39 is 5.25 Å². The average Bonchev–Trinajstić information content (AvgIpc) is 3.15. The van der Waals surface area contributed by atoms with E-state index in [1.807, 2.05) is 31.2 Å². The first-order chi connectivity index (χ1) is 13.5. The number of hydrogen-bond acceptors (Lipinski definition) is 7. The number of nitrogens with one attached hydrogen (secondary N) is 1. The van der Waals surface area contributed by atoms with Gasteiger partial charge >= 0.3 is 0 Å². The maximum Gasteiger partial charge on any atom is 0.237 e. The molecule has 0 bridgehead atoms. The fraction of sp³-hybridized carbons (Fsp3) is 0.211. The highest BCUT2D eigenvalue weighted by atomic mass is 32.2. The molecule has 1 heterocycles. The van der Waals surface area contributed by atoms with Crippen LogP contribution in [0.25, 0.3) is 5.69 Å². The molecule has 0 radical (unpaired) electrons. The molecule has 1 N–H and O–H groups in total. The van der Waals surface area contributed by atoms with Crippen LogP contribution in [0.4, 0.5) is 5.69 Å². The second-order valence-electron chi connectivity index (χ2n) is 5.99. The zero-order valence-electron chi connectivity index (χ0n) is 15.6. The minimum atomic E-state index is -0.466. The summed E-state index contributed by atoms with van der Waals surface area (Å²) in [5.74, 6) is 0.413. The topological polar surface area (TPSA) is 106 Å². The quantitative estimate of drug-likeness (QED) is 0.641. The minimum Gasteiger partial charge on any atom is -0.494 e. The van der Waals surface area contributed by atoms with Crippen LogP contribution < -0.4 is 10.1 Å². The van der Waals surface area contributed by atoms with Gasteiger partial charge in [-0.05, 0) is 60.2 Å². The van der Waals surface area contributed by atoms with Gasteiger partial charge in [0.15, 0.2) is 0 Å². The molecule has 0 fully saturated rings. The summed E-state index contributed by atoms with van der Waals surface area (Å²) in [6.45, 7) is 3.73. The fourth-order valence-electron chi connectivity index (χ4n) is 2.49. The number of tetrazole rings is 1. The van der Waals surface area contributed by atoms with Crippen molar-refractivity contribution in [3.63, 3.8) is 0 Å². The van der Waals surface area contributed by atoms with Crippen molar-refractivity contribution in [2.24, 2.45) is 0 Å². The lowest BCUT2D eigenvalue weighted by Gasteiger charge is -2.13. The second-order valence-corrected chi connectivity index (χ2v) is 7.30. The first kappa shape index (κ1) is 19.4. The van der Waals surface area contributed by atoms with Gasteiger partial charge in [0.2, 0.25) is 11.1 Å². The maximum atomic E-state index is 12.5. The molecule has 8 nitrogen and oxygen atoms in total. The highest BCUT2D eigenvalue weighted by Crippen LogP contribution is 2.29. The normalized spacial score (nSPS) is 11.5. The molecule has 0 unspecified atom stereocenters. The molecule has 0 saturated heterocycles. The van der Waals surface area contributed by atoms with Crippen molar-refractivity contribution in [3.8, 4) is 17.5 Å². The van der Waals surface area contributed by atoms with Gasteiger partial charge in [0, 0.05) is 5.69 Å². The number of nitrogens with zero attached hydrogens (tertiary/aromatic N) is 5. The highest BCUT2D eigenvalue weighted by Gasteiger charge is 2.21. The minimum absolute atomic E-state index is 0.217. The molecule has 0 spiro atoms. The Morgan fingerprint density at radius 2 is 2.14 bits per heavy atom. The van der Waals surface area contributed by atoms with Gasteiger partial charge in [-0.25, -0.2) is 0 Å². The number of anilines is 1. The highest BCUT2D eigenvalue weighted by molar-refractivity contribution is 8.00. The number of thioether (sulfide) groups is 1. The molecule has 0 aliphatic rings. The zero-order valence-corrected chi connectivity index (χ0v) is 16.4. The van der Waals surface area contributed by atoms with E-state index in [-0.39, 0.29) is 5.91 Å². The lowest BCUT2D eigenvalue weighted by molar-refractivity contribution is -0.115. The number of methoxy groups -OCH3 is 1. The number of ether oxygens (including phenoxy) is 1. The van der Waals surface area contributed by atoms with Gasteiger partial charge in [-0.15, -0.1) is 5.10 Å². The SMILES string of the molecule is COc1ccc(C)cc1-n1nnnc1S[C@H](C)C(=O)Nc1cccc(C#N)c1. The van der Waals surface area contributed by atoms with Crippen molar-refractivity contribution >= 4 is 23.4 Å². The zero-order chi connectivity index (χ0) is 20.1. The third-order valence-electron chi connectivity index (χ3n) is 3.91. The van der Waals surface area contributed by atoms with Gasteiger partial charge in [-0.2, -0.15) is 9.94 Å². The summed E-state index contributed by atoms with van der Waals surface area (Å²) in [6, 6.07) is 14.5. The first-order valence-electron chi connectivity index (χ1n) is 8.43. The van der Waals surface area contributed by atoms with E-state index in [9.17, 15) is 4.79 Å². The number of rotatable bonds is 6. The molecule has 2 aromatic carbocycles. The number of nitriles is 1. The second kappa shape index (κ2) is 8.54. The number of carbonyl (C=O) groups excluding carboxylic acids is 1. The third kappa shape index (κ3) is 4.29. The van der Waals surface area contributed by atoms with Gasteiger partial charge in [0.1, 0.15) is 11.4 Å². The van der Waals surface area contributed by atoms with Crippen molar-refractivity contribution in [2.75, 3.05) is 12.4 Å². The van der Waals surface area contributed by atoms with Crippen LogP contribution in [0.5, 0.6) is 5.75 Å². The summed E-state index contributed by atoms with van der Waals surface area (Å²) >= 11 is 1.23. The Kier molecular flexibility index (Phi) is 5.91. The van der Waals surface area contributed by atoms with Gasteiger partial charge in [0.05, 0.1) is 24.0 Å². The first-order valence-corrected chi connectivity index (χ1v) is 9.31. The smallest absolute Gasteiger partial charge is 0.237 e. The lowest BCUT2D eigenvalue weighted by Crippen LogP contribution is -2.23. The molecule has 28 heavy (non-hydrogen) atoms. The monoisotopic (exact) mass is 394 g/mol. The molecule has 0 aliphatic heterocycles. The molecular weight excluding hydrogens is 376 g/mol. The Balaban J connectivity index is 1.78. The Bertz CT molecular complexity index is 1040. The number of aryl methyl sites for hydroxylation is 1. The van der Waals surface area contributed by atoms with Crippen LogP contribution in [0, 0.1) is 18.3 Å². The molecule has 1 atom stereocenters. The van der Waals surface area contributed by atoms with Crippen molar-refractivity contribution in [1.82, 2.24) is 20.2 Å². The van der Waals surface area contributed by atoms with Crippen LogP contribution >= 0.6 is 11.8 Å². The van der Waals surface area contributed by atoms with Crippen molar-refractivity contribution in [2.45, 2.75) is 24.3 Å². The van der Waals surface area contributed by atoms with E-state index >= 15 is 0 Å². The Morgan fingerprint density at radius 1 is 1.32 bits per heavy atom. The molecular formula is C19H18N6O2S. The summed E-state index contributed by atoms with van der Waals surface area (Å²) in [6.07, 6.45) is 0. The van der Waals surface area contributed by atoms with Crippen molar-refractivity contribution in [3.05, 3.63) is 53.6 Å².